The first-order valence-electron chi connectivity index (χ1n) is 8.62. The highest BCUT2D eigenvalue weighted by Gasteiger charge is 2.50. The summed E-state index contributed by atoms with van der Waals surface area (Å²) >= 11 is 0. The first-order valence-corrected chi connectivity index (χ1v) is 8.62. The Morgan fingerprint density at radius 1 is 1.23 bits per heavy atom. The van der Waals surface area contributed by atoms with Crippen LogP contribution in [0.4, 0.5) is 0 Å². The molecule has 22 heavy (non-hydrogen) atoms. The van der Waals surface area contributed by atoms with Gasteiger partial charge in [0.05, 0.1) is 0 Å². The summed E-state index contributed by atoms with van der Waals surface area (Å²) in [4.78, 5) is 2.75. The molecule has 2 aromatic rings. The van der Waals surface area contributed by atoms with Crippen LogP contribution in [0.5, 0.6) is 5.75 Å². The summed E-state index contributed by atoms with van der Waals surface area (Å²) in [6, 6.07) is 6.73. The Balaban J connectivity index is 1.74. The van der Waals surface area contributed by atoms with Crippen molar-refractivity contribution < 1.29 is 9.52 Å². The van der Waals surface area contributed by atoms with Crippen molar-refractivity contribution in [1.82, 2.24) is 4.90 Å². The summed E-state index contributed by atoms with van der Waals surface area (Å²) < 4.78 is 6.32. The number of hydrogen-bond donors (Lipinski definition) is 1. The first kappa shape index (κ1) is 13.0. The molecular weight excluding hydrogens is 274 g/mol. The third-order valence-electron chi connectivity index (χ3n) is 6.35. The Hall–Kier alpha value is -1.48. The maximum absolute atomic E-state index is 9.87. The van der Waals surface area contributed by atoms with Crippen LogP contribution in [-0.2, 0) is 6.42 Å². The lowest BCUT2D eigenvalue weighted by Gasteiger charge is -2.53. The molecule has 0 radical (unpaired) electrons. The molecule has 6 rings (SSSR count). The molecule has 4 aliphatic rings. The minimum Gasteiger partial charge on any atom is -0.508 e. The van der Waals surface area contributed by atoms with Gasteiger partial charge in [0.1, 0.15) is 17.1 Å². The van der Waals surface area contributed by atoms with Gasteiger partial charge in [-0.3, -0.25) is 4.90 Å². The summed E-state index contributed by atoms with van der Waals surface area (Å²) in [5, 5.41) is 11.0. The lowest BCUT2D eigenvalue weighted by Crippen LogP contribution is -2.58. The van der Waals surface area contributed by atoms with Gasteiger partial charge >= 0.3 is 0 Å². The number of phenols is 1. The van der Waals surface area contributed by atoms with Crippen LogP contribution in [0.3, 0.4) is 0 Å². The summed E-state index contributed by atoms with van der Waals surface area (Å²) in [5.74, 6) is 3.67. The fourth-order valence-corrected chi connectivity index (χ4v) is 5.60. The van der Waals surface area contributed by atoms with Crippen molar-refractivity contribution in [2.45, 2.75) is 51.1 Å². The highest BCUT2D eigenvalue weighted by molar-refractivity contribution is 5.84. The van der Waals surface area contributed by atoms with Crippen molar-refractivity contribution in [3.63, 3.8) is 0 Å². The number of phenolic OH excluding ortho intramolecular Hbond substituents is 1. The van der Waals surface area contributed by atoms with Crippen molar-refractivity contribution in [1.29, 1.82) is 0 Å². The number of nitrogens with zero attached hydrogens (tertiary/aromatic N) is 1. The molecule has 3 fully saturated rings. The minimum absolute atomic E-state index is 0.339. The summed E-state index contributed by atoms with van der Waals surface area (Å²) in [6.07, 6.45) is 3.69. The minimum atomic E-state index is 0.339. The van der Waals surface area contributed by atoms with Crippen molar-refractivity contribution in [3.05, 3.63) is 29.5 Å². The number of furan rings is 1. The van der Waals surface area contributed by atoms with Crippen LogP contribution in [0.2, 0.25) is 0 Å². The van der Waals surface area contributed by atoms with Crippen molar-refractivity contribution in [3.8, 4) is 5.75 Å². The van der Waals surface area contributed by atoms with Crippen LogP contribution in [-0.4, -0.2) is 28.6 Å². The highest BCUT2D eigenvalue weighted by Crippen LogP contribution is 2.52. The molecule has 1 aromatic heterocycles. The van der Waals surface area contributed by atoms with Gasteiger partial charge in [-0.1, -0.05) is 6.92 Å². The van der Waals surface area contributed by atoms with Crippen LogP contribution in [0.25, 0.3) is 11.0 Å². The number of fused-ring (bicyclic) bond motifs is 4. The molecule has 3 heteroatoms. The number of hydrogen-bond acceptors (Lipinski definition) is 3. The SMILES string of the molecule is CC1CC2CC3c4oc5ccc(O)cc5c4C[C@H](C)N(C2)C13. The Morgan fingerprint density at radius 2 is 2.09 bits per heavy atom. The number of aromatic hydroxyl groups is 1. The maximum Gasteiger partial charge on any atom is 0.134 e. The van der Waals surface area contributed by atoms with E-state index >= 15 is 0 Å². The second-order valence-corrected chi connectivity index (χ2v) is 7.79. The third kappa shape index (κ3) is 1.60. The van der Waals surface area contributed by atoms with Gasteiger partial charge < -0.3 is 9.52 Å². The molecule has 3 aliphatic heterocycles. The van der Waals surface area contributed by atoms with E-state index in [0.717, 1.165) is 29.2 Å². The zero-order valence-corrected chi connectivity index (χ0v) is 13.2. The third-order valence-corrected chi connectivity index (χ3v) is 6.35. The predicted molar refractivity (Wildman–Crippen MR) is 86.2 cm³/mol. The fraction of sp³-hybridized carbons (Fsp3) is 0.579. The van der Waals surface area contributed by atoms with Gasteiger partial charge in [-0.05, 0) is 56.2 Å². The molecule has 3 nitrogen and oxygen atoms in total. The summed E-state index contributed by atoms with van der Waals surface area (Å²) in [7, 11) is 0. The highest BCUT2D eigenvalue weighted by atomic mass is 16.3. The molecule has 4 heterocycles. The predicted octanol–water partition coefficient (Wildman–Crippen LogP) is 3.90. The number of rotatable bonds is 0. The van der Waals surface area contributed by atoms with Crippen LogP contribution in [0.15, 0.2) is 22.6 Å². The standard InChI is InChI=1S/C19H23NO2/c1-10-5-12-7-16-18(10)20(9-12)11(2)6-15-14-8-13(21)3-4-17(14)22-19(15)16/h3-4,8,10-12,16,18,21H,5-7,9H2,1-2H3/t10?,11-,12?,16?,18?/m0/s1. The van der Waals surface area contributed by atoms with E-state index in [0.29, 0.717) is 23.8 Å². The van der Waals surface area contributed by atoms with E-state index in [2.05, 4.69) is 18.7 Å². The molecular formula is C19H23NO2. The normalized spacial score (nSPS) is 39.7. The van der Waals surface area contributed by atoms with E-state index in [9.17, 15) is 5.11 Å². The smallest absolute Gasteiger partial charge is 0.134 e. The first-order chi connectivity index (χ1) is 10.6. The quantitative estimate of drug-likeness (QED) is 0.801. The van der Waals surface area contributed by atoms with E-state index in [1.165, 1.54) is 30.7 Å². The molecule has 5 unspecified atom stereocenters. The lowest BCUT2D eigenvalue weighted by molar-refractivity contribution is -0.0313. The largest absolute Gasteiger partial charge is 0.508 e. The Morgan fingerprint density at radius 3 is 2.91 bits per heavy atom. The average Bonchev–Trinajstić information content (AvgIpc) is 2.81. The van der Waals surface area contributed by atoms with Crippen molar-refractivity contribution in [2.24, 2.45) is 11.8 Å². The molecule has 1 saturated carbocycles. The zero-order chi connectivity index (χ0) is 15.0. The van der Waals surface area contributed by atoms with Gasteiger partial charge in [0.2, 0.25) is 0 Å². The van der Waals surface area contributed by atoms with E-state index in [-0.39, 0.29) is 0 Å². The average molecular weight is 297 g/mol. The van der Waals surface area contributed by atoms with Crippen LogP contribution in [0.1, 0.15) is 43.9 Å². The summed E-state index contributed by atoms with van der Waals surface area (Å²) in [6.45, 7) is 6.05. The maximum atomic E-state index is 9.87. The van der Waals surface area contributed by atoms with E-state index < -0.39 is 0 Å². The monoisotopic (exact) mass is 297 g/mol. The van der Waals surface area contributed by atoms with E-state index in [1.54, 1.807) is 6.07 Å². The Kier molecular flexibility index (Phi) is 2.53. The summed E-state index contributed by atoms with van der Waals surface area (Å²) in [5.41, 5.74) is 2.29. The Labute approximate surface area is 130 Å². The Bertz CT molecular complexity index is 749. The molecule has 0 amide bonds. The van der Waals surface area contributed by atoms with Crippen LogP contribution >= 0.6 is 0 Å². The van der Waals surface area contributed by atoms with E-state index in [1.807, 2.05) is 12.1 Å². The molecule has 1 aromatic carbocycles. The van der Waals surface area contributed by atoms with Crippen molar-refractivity contribution >= 4 is 11.0 Å². The molecule has 1 N–H and O–H groups in total. The van der Waals surface area contributed by atoms with Gasteiger partial charge in [-0.15, -0.1) is 0 Å². The van der Waals surface area contributed by atoms with Crippen LogP contribution < -0.4 is 0 Å². The second kappa shape index (κ2) is 4.29. The molecule has 6 atom stereocenters. The number of benzene rings is 1. The molecule has 116 valence electrons. The lowest BCUT2D eigenvalue weighted by atomic mass is 9.67. The molecule has 1 aliphatic carbocycles. The van der Waals surface area contributed by atoms with E-state index in [4.69, 9.17) is 4.42 Å². The van der Waals surface area contributed by atoms with Gasteiger partial charge in [0.15, 0.2) is 0 Å². The second-order valence-electron chi connectivity index (χ2n) is 7.79. The van der Waals surface area contributed by atoms with Crippen molar-refractivity contribution in [2.75, 3.05) is 6.54 Å². The molecule has 4 bridgehead atoms. The van der Waals surface area contributed by atoms with Gasteiger partial charge in [-0.2, -0.15) is 0 Å². The molecule has 0 spiro atoms. The van der Waals surface area contributed by atoms with Gasteiger partial charge in [0, 0.05) is 35.5 Å². The van der Waals surface area contributed by atoms with Gasteiger partial charge in [-0.25, -0.2) is 0 Å². The topological polar surface area (TPSA) is 36.6 Å². The van der Waals surface area contributed by atoms with Crippen LogP contribution in [0, 0.1) is 11.8 Å². The zero-order valence-electron chi connectivity index (χ0n) is 13.2. The number of piperidine rings is 2. The fourth-order valence-electron chi connectivity index (χ4n) is 5.60. The van der Waals surface area contributed by atoms with Gasteiger partial charge in [0.25, 0.3) is 0 Å². The molecule has 2 saturated heterocycles.